The molecule has 2 atom stereocenters. The van der Waals surface area contributed by atoms with Gasteiger partial charge in [0.05, 0.1) is 10.6 Å². The zero-order chi connectivity index (χ0) is 19.7. The molecule has 2 heterocycles. The van der Waals surface area contributed by atoms with Gasteiger partial charge < -0.3 is 21.4 Å². The zero-order valence-electron chi connectivity index (χ0n) is 15.8. The topological polar surface area (TPSA) is 113 Å². The van der Waals surface area contributed by atoms with Crippen molar-refractivity contribution in [3.8, 4) is 0 Å². The van der Waals surface area contributed by atoms with Crippen molar-refractivity contribution in [3.63, 3.8) is 0 Å². The summed E-state index contributed by atoms with van der Waals surface area (Å²) in [5, 5.41) is 7.92. The summed E-state index contributed by atoms with van der Waals surface area (Å²) < 4.78 is 23.2. The lowest BCUT2D eigenvalue weighted by Gasteiger charge is -2.30. The first kappa shape index (κ1) is 18.8. The van der Waals surface area contributed by atoms with E-state index in [1.54, 1.807) is 12.1 Å². The molecule has 8 heteroatoms. The summed E-state index contributed by atoms with van der Waals surface area (Å²) in [7, 11) is -3.26. The molecule has 1 fully saturated rings. The van der Waals surface area contributed by atoms with Crippen LogP contribution in [0.4, 0.5) is 17.2 Å². The van der Waals surface area contributed by atoms with Crippen LogP contribution < -0.4 is 16.4 Å². The third-order valence-corrected chi connectivity index (χ3v) is 6.37. The minimum atomic E-state index is -3.26. The average Bonchev–Trinajstić information content (AvgIpc) is 3.12. The summed E-state index contributed by atoms with van der Waals surface area (Å²) in [4.78, 5) is 7.70. The molecule has 0 bridgehead atoms. The zero-order valence-corrected chi connectivity index (χ0v) is 16.6. The Morgan fingerprint density at radius 1 is 1.18 bits per heavy atom. The Kier molecular flexibility index (Phi) is 4.99. The van der Waals surface area contributed by atoms with E-state index in [4.69, 9.17) is 5.73 Å². The van der Waals surface area contributed by atoms with Crippen molar-refractivity contribution in [2.24, 2.45) is 5.73 Å². The van der Waals surface area contributed by atoms with Crippen molar-refractivity contribution in [3.05, 3.63) is 42.7 Å². The number of nitrogens with two attached hydrogens (primary N) is 1. The first-order valence-corrected chi connectivity index (χ1v) is 11.4. The number of benzene rings is 1. The maximum atomic E-state index is 11.6. The SMILES string of the molecule is CS(=O)(=O)c1ccc(Nc2cc(N[C@@H]3CCCC[C@@H]3N)cc3[nH]ccc23)nc1. The van der Waals surface area contributed by atoms with Crippen LogP contribution >= 0.6 is 0 Å². The quantitative estimate of drug-likeness (QED) is 0.523. The van der Waals surface area contributed by atoms with E-state index in [1.807, 2.05) is 18.3 Å². The van der Waals surface area contributed by atoms with E-state index >= 15 is 0 Å². The Labute approximate surface area is 164 Å². The largest absolute Gasteiger partial charge is 0.381 e. The number of sulfone groups is 1. The molecule has 148 valence electrons. The molecule has 2 aromatic heterocycles. The van der Waals surface area contributed by atoms with Gasteiger partial charge in [-0.2, -0.15) is 0 Å². The van der Waals surface area contributed by atoms with E-state index in [0.29, 0.717) is 5.82 Å². The van der Waals surface area contributed by atoms with Crippen LogP contribution in [0.3, 0.4) is 0 Å². The first-order chi connectivity index (χ1) is 13.4. The summed E-state index contributed by atoms with van der Waals surface area (Å²) in [6.45, 7) is 0. The van der Waals surface area contributed by atoms with Gasteiger partial charge in [0.1, 0.15) is 5.82 Å². The third kappa shape index (κ3) is 3.98. The Morgan fingerprint density at radius 2 is 2.00 bits per heavy atom. The van der Waals surface area contributed by atoms with E-state index < -0.39 is 9.84 Å². The summed E-state index contributed by atoms with van der Waals surface area (Å²) in [6.07, 6.45) is 8.94. The molecule has 0 amide bonds. The summed E-state index contributed by atoms with van der Waals surface area (Å²) in [6, 6.07) is 9.79. The third-order valence-electron chi connectivity index (χ3n) is 5.27. The number of fused-ring (bicyclic) bond motifs is 1. The molecule has 0 aliphatic heterocycles. The highest BCUT2D eigenvalue weighted by Gasteiger charge is 2.22. The molecule has 28 heavy (non-hydrogen) atoms. The number of nitrogens with zero attached hydrogens (tertiary/aromatic N) is 1. The summed E-state index contributed by atoms with van der Waals surface area (Å²) in [5.74, 6) is 0.585. The molecular weight excluding hydrogens is 374 g/mol. The van der Waals surface area contributed by atoms with Crippen molar-refractivity contribution in [1.29, 1.82) is 0 Å². The molecule has 5 N–H and O–H groups in total. The second-order valence-electron chi connectivity index (χ2n) is 7.44. The molecule has 1 aromatic carbocycles. The molecule has 0 spiro atoms. The van der Waals surface area contributed by atoms with Crippen LogP contribution in [0.1, 0.15) is 25.7 Å². The fourth-order valence-electron chi connectivity index (χ4n) is 3.72. The molecule has 1 aliphatic rings. The van der Waals surface area contributed by atoms with E-state index in [1.165, 1.54) is 25.3 Å². The van der Waals surface area contributed by atoms with Gasteiger partial charge in [0.25, 0.3) is 0 Å². The maximum absolute atomic E-state index is 11.6. The molecule has 0 unspecified atom stereocenters. The van der Waals surface area contributed by atoms with Crippen molar-refractivity contribution in [2.45, 2.75) is 42.7 Å². The van der Waals surface area contributed by atoms with Gasteiger partial charge in [-0.1, -0.05) is 12.8 Å². The van der Waals surface area contributed by atoms with E-state index in [9.17, 15) is 8.42 Å². The predicted molar refractivity (Wildman–Crippen MR) is 113 cm³/mol. The second-order valence-corrected chi connectivity index (χ2v) is 9.45. The molecule has 1 aliphatic carbocycles. The van der Waals surface area contributed by atoms with Crippen LogP contribution in [0.5, 0.6) is 0 Å². The van der Waals surface area contributed by atoms with Crippen molar-refractivity contribution < 1.29 is 8.42 Å². The standard InChI is InChI=1S/C20H25N5O2S/c1-28(26,27)14-6-7-20(23-12-14)25-19-11-13(10-18-15(19)8-9-22-18)24-17-5-3-2-4-16(17)21/h6-12,16-17,22,24H,2-5,21H2,1H3,(H,23,25)/t16-,17+/m0/s1. The Hall–Kier alpha value is -2.58. The van der Waals surface area contributed by atoms with Gasteiger partial charge in [-0.3, -0.25) is 0 Å². The first-order valence-electron chi connectivity index (χ1n) is 9.46. The van der Waals surface area contributed by atoms with Gasteiger partial charge in [-0.25, -0.2) is 13.4 Å². The van der Waals surface area contributed by atoms with Crippen LogP contribution in [0.2, 0.25) is 0 Å². The van der Waals surface area contributed by atoms with Crippen LogP contribution in [0, 0.1) is 0 Å². The second kappa shape index (κ2) is 7.44. The number of hydrogen-bond acceptors (Lipinski definition) is 6. The lowest BCUT2D eigenvalue weighted by Crippen LogP contribution is -2.42. The van der Waals surface area contributed by atoms with Gasteiger partial charge in [0.2, 0.25) is 0 Å². The molecule has 0 radical (unpaired) electrons. The highest BCUT2D eigenvalue weighted by Crippen LogP contribution is 2.31. The number of aromatic amines is 1. The van der Waals surface area contributed by atoms with Gasteiger partial charge in [-0.05, 0) is 43.2 Å². The van der Waals surface area contributed by atoms with Gasteiger partial charge in [0.15, 0.2) is 9.84 Å². The van der Waals surface area contributed by atoms with Crippen LogP contribution in [-0.4, -0.2) is 36.7 Å². The van der Waals surface area contributed by atoms with E-state index in [-0.39, 0.29) is 17.0 Å². The monoisotopic (exact) mass is 399 g/mol. The normalized spacial score (nSPS) is 20.2. The van der Waals surface area contributed by atoms with Gasteiger partial charge in [0, 0.05) is 47.3 Å². The van der Waals surface area contributed by atoms with E-state index in [0.717, 1.165) is 35.1 Å². The van der Waals surface area contributed by atoms with E-state index in [2.05, 4.69) is 26.7 Å². The number of rotatable bonds is 5. The Balaban J connectivity index is 1.62. The summed E-state index contributed by atoms with van der Waals surface area (Å²) >= 11 is 0. The predicted octanol–water partition coefficient (Wildman–Crippen LogP) is 3.39. The fourth-order valence-corrected chi connectivity index (χ4v) is 4.28. The minimum absolute atomic E-state index is 0.162. The van der Waals surface area contributed by atoms with Crippen molar-refractivity contribution >= 4 is 37.9 Å². The maximum Gasteiger partial charge on any atom is 0.177 e. The molecule has 1 saturated carbocycles. The number of pyridine rings is 1. The Morgan fingerprint density at radius 3 is 2.71 bits per heavy atom. The number of H-pyrrole nitrogens is 1. The van der Waals surface area contributed by atoms with Gasteiger partial charge in [-0.15, -0.1) is 0 Å². The molecule has 4 rings (SSSR count). The van der Waals surface area contributed by atoms with Crippen molar-refractivity contribution in [2.75, 3.05) is 16.9 Å². The lowest BCUT2D eigenvalue weighted by molar-refractivity contribution is 0.404. The number of anilines is 3. The fraction of sp³-hybridized carbons (Fsp3) is 0.350. The molecule has 0 saturated heterocycles. The smallest absolute Gasteiger partial charge is 0.177 e. The van der Waals surface area contributed by atoms with Crippen molar-refractivity contribution in [1.82, 2.24) is 9.97 Å². The molecular formula is C20H25N5O2S. The Bertz CT molecular complexity index is 1080. The summed E-state index contributed by atoms with van der Waals surface area (Å²) in [5.41, 5.74) is 9.18. The van der Waals surface area contributed by atoms with Crippen LogP contribution in [0.25, 0.3) is 10.9 Å². The number of aromatic nitrogens is 2. The minimum Gasteiger partial charge on any atom is -0.381 e. The average molecular weight is 400 g/mol. The highest BCUT2D eigenvalue weighted by atomic mass is 32.2. The van der Waals surface area contributed by atoms with Crippen LogP contribution in [0.15, 0.2) is 47.6 Å². The number of nitrogens with one attached hydrogen (secondary N) is 3. The lowest BCUT2D eigenvalue weighted by atomic mass is 9.91. The van der Waals surface area contributed by atoms with Crippen LogP contribution in [-0.2, 0) is 9.84 Å². The van der Waals surface area contributed by atoms with Gasteiger partial charge >= 0.3 is 0 Å². The number of hydrogen-bond donors (Lipinski definition) is 4. The highest BCUT2D eigenvalue weighted by molar-refractivity contribution is 7.90. The molecule has 7 nitrogen and oxygen atoms in total. The molecule has 3 aromatic rings.